The second-order valence-corrected chi connectivity index (χ2v) is 2.12. The van der Waals surface area contributed by atoms with Crippen LogP contribution in [0.5, 0.6) is 0 Å². The third-order valence-electron chi connectivity index (χ3n) is 1.32. The number of rotatable bonds is 3. The van der Waals surface area contributed by atoms with E-state index in [1.807, 2.05) is 0 Å². The van der Waals surface area contributed by atoms with Gasteiger partial charge in [-0.2, -0.15) is 0 Å². The second-order valence-electron chi connectivity index (χ2n) is 2.12. The minimum absolute atomic E-state index is 0.161. The molecule has 1 heteroatoms. The summed E-state index contributed by atoms with van der Waals surface area (Å²) in [6.07, 6.45) is 3.71. The average molecular weight is 126 g/mol. The molecular weight excluding hydrogens is 112 g/mol. The molecule has 9 heavy (non-hydrogen) atoms. The fourth-order valence-electron chi connectivity index (χ4n) is 0.742. The SMILES string of the molecule is CCC(=CC(C)=O)CC. The van der Waals surface area contributed by atoms with Crippen LogP contribution < -0.4 is 0 Å². The summed E-state index contributed by atoms with van der Waals surface area (Å²) in [5, 5.41) is 0. The van der Waals surface area contributed by atoms with E-state index in [0.717, 1.165) is 12.8 Å². The summed E-state index contributed by atoms with van der Waals surface area (Å²) in [7, 11) is 0. The molecule has 0 aliphatic rings. The van der Waals surface area contributed by atoms with Crippen molar-refractivity contribution in [3.63, 3.8) is 0 Å². The zero-order valence-corrected chi connectivity index (χ0v) is 6.40. The summed E-state index contributed by atoms with van der Waals surface area (Å²) in [6.45, 7) is 5.72. The van der Waals surface area contributed by atoms with Crippen LogP contribution in [-0.2, 0) is 4.79 Å². The van der Waals surface area contributed by atoms with Gasteiger partial charge in [0.2, 0.25) is 0 Å². The summed E-state index contributed by atoms with van der Waals surface area (Å²) in [4.78, 5) is 10.5. The molecule has 0 unspecified atom stereocenters. The first-order valence-electron chi connectivity index (χ1n) is 3.40. The normalized spacial score (nSPS) is 8.78. The Hall–Kier alpha value is -0.590. The van der Waals surface area contributed by atoms with E-state index in [2.05, 4.69) is 13.8 Å². The van der Waals surface area contributed by atoms with Crippen LogP contribution in [0.2, 0.25) is 0 Å². The number of hydrogen-bond donors (Lipinski definition) is 0. The Balaban J connectivity index is 3.91. The van der Waals surface area contributed by atoms with E-state index in [1.165, 1.54) is 5.57 Å². The Kier molecular flexibility index (Phi) is 4.02. The molecule has 0 aromatic rings. The van der Waals surface area contributed by atoms with E-state index in [1.54, 1.807) is 13.0 Å². The molecule has 0 saturated carbocycles. The lowest BCUT2D eigenvalue weighted by molar-refractivity contribution is -0.112. The number of carbonyl (C=O) groups excluding carboxylic acids is 1. The van der Waals surface area contributed by atoms with E-state index in [0.29, 0.717) is 0 Å². The van der Waals surface area contributed by atoms with Crippen LogP contribution in [0.4, 0.5) is 0 Å². The maximum Gasteiger partial charge on any atom is 0.152 e. The molecule has 0 atom stereocenters. The molecule has 1 nitrogen and oxygen atoms in total. The summed E-state index contributed by atoms with van der Waals surface area (Å²) >= 11 is 0. The summed E-state index contributed by atoms with van der Waals surface area (Å²) < 4.78 is 0. The van der Waals surface area contributed by atoms with Gasteiger partial charge in [0, 0.05) is 0 Å². The zero-order valence-electron chi connectivity index (χ0n) is 6.40. The summed E-state index contributed by atoms with van der Waals surface area (Å²) in [5.74, 6) is 0.161. The van der Waals surface area contributed by atoms with Crippen molar-refractivity contribution in [1.29, 1.82) is 0 Å². The first-order chi connectivity index (χ1) is 4.20. The van der Waals surface area contributed by atoms with Crippen LogP contribution in [0.25, 0.3) is 0 Å². The van der Waals surface area contributed by atoms with E-state index < -0.39 is 0 Å². The highest BCUT2D eigenvalue weighted by molar-refractivity contribution is 5.87. The lowest BCUT2D eigenvalue weighted by Crippen LogP contribution is -1.86. The van der Waals surface area contributed by atoms with Crippen LogP contribution in [0.1, 0.15) is 33.6 Å². The Bertz CT molecular complexity index is 117. The molecule has 52 valence electrons. The fourth-order valence-corrected chi connectivity index (χ4v) is 0.742. The molecular formula is C8H14O. The lowest BCUT2D eigenvalue weighted by Gasteiger charge is -1.95. The van der Waals surface area contributed by atoms with E-state index in [-0.39, 0.29) is 5.78 Å². The predicted octanol–water partition coefficient (Wildman–Crippen LogP) is 2.32. The largest absolute Gasteiger partial charge is 0.295 e. The topological polar surface area (TPSA) is 17.1 Å². The van der Waals surface area contributed by atoms with Gasteiger partial charge in [0.1, 0.15) is 0 Å². The third kappa shape index (κ3) is 3.95. The van der Waals surface area contributed by atoms with Gasteiger partial charge in [0.05, 0.1) is 0 Å². The number of allylic oxidation sites excluding steroid dienone is 2. The summed E-state index contributed by atoms with van der Waals surface area (Å²) in [6, 6.07) is 0. The minimum atomic E-state index is 0.161. The van der Waals surface area contributed by atoms with Crippen molar-refractivity contribution in [3.05, 3.63) is 11.6 Å². The van der Waals surface area contributed by atoms with Crippen molar-refractivity contribution >= 4 is 5.78 Å². The van der Waals surface area contributed by atoms with Crippen LogP contribution in [0.3, 0.4) is 0 Å². The maximum atomic E-state index is 10.5. The van der Waals surface area contributed by atoms with Crippen LogP contribution >= 0.6 is 0 Å². The van der Waals surface area contributed by atoms with Crippen molar-refractivity contribution in [2.75, 3.05) is 0 Å². The van der Waals surface area contributed by atoms with Gasteiger partial charge >= 0.3 is 0 Å². The predicted molar refractivity (Wildman–Crippen MR) is 39.3 cm³/mol. The van der Waals surface area contributed by atoms with Crippen LogP contribution in [-0.4, -0.2) is 5.78 Å². The molecule has 0 bridgehead atoms. The minimum Gasteiger partial charge on any atom is -0.295 e. The first kappa shape index (κ1) is 8.41. The Labute approximate surface area is 56.8 Å². The highest BCUT2D eigenvalue weighted by Crippen LogP contribution is 2.04. The first-order valence-corrected chi connectivity index (χ1v) is 3.40. The van der Waals surface area contributed by atoms with Crippen LogP contribution in [0.15, 0.2) is 11.6 Å². The number of hydrogen-bond acceptors (Lipinski definition) is 1. The number of carbonyl (C=O) groups is 1. The van der Waals surface area contributed by atoms with Gasteiger partial charge in [-0.15, -0.1) is 0 Å². The van der Waals surface area contributed by atoms with Gasteiger partial charge in [0.25, 0.3) is 0 Å². The average Bonchev–Trinajstić information content (AvgIpc) is 1.82. The second kappa shape index (κ2) is 4.30. The van der Waals surface area contributed by atoms with Gasteiger partial charge in [-0.25, -0.2) is 0 Å². The van der Waals surface area contributed by atoms with Crippen molar-refractivity contribution in [2.24, 2.45) is 0 Å². The lowest BCUT2D eigenvalue weighted by atomic mass is 10.1. The Morgan fingerprint density at radius 1 is 1.33 bits per heavy atom. The molecule has 0 aliphatic heterocycles. The highest BCUT2D eigenvalue weighted by Gasteiger charge is 1.90. The van der Waals surface area contributed by atoms with Crippen molar-refractivity contribution in [2.45, 2.75) is 33.6 Å². The van der Waals surface area contributed by atoms with E-state index in [9.17, 15) is 4.79 Å². The fraction of sp³-hybridized carbons (Fsp3) is 0.625. The molecule has 0 amide bonds. The van der Waals surface area contributed by atoms with E-state index >= 15 is 0 Å². The van der Waals surface area contributed by atoms with Crippen LogP contribution in [0, 0.1) is 0 Å². The summed E-state index contributed by atoms with van der Waals surface area (Å²) in [5.41, 5.74) is 1.24. The molecule has 0 heterocycles. The van der Waals surface area contributed by atoms with Crippen molar-refractivity contribution in [1.82, 2.24) is 0 Å². The van der Waals surface area contributed by atoms with Gasteiger partial charge in [-0.3, -0.25) is 4.79 Å². The van der Waals surface area contributed by atoms with Crippen molar-refractivity contribution in [3.8, 4) is 0 Å². The van der Waals surface area contributed by atoms with Gasteiger partial charge in [-0.1, -0.05) is 19.4 Å². The van der Waals surface area contributed by atoms with Crippen molar-refractivity contribution < 1.29 is 4.79 Å². The zero-order chi connectivity index (χ0) is 7.28. The van der Waals surface area contributed by atoms with Gasteiger partial charge < -0.3 is 0 Å². The standard InChI is InChI=1S/C8H14O/c1-4-8(5-2)6-7(3)9/h6H,4-5H2,1-3H3. The molecule has 0 spiro atoms. The van der Waals surface area contributed by atoms with E-state index in [4.69, 9.17) is 0 Å². The molecule has 0 rings (SSSR count). The molecule has 0 aromatic heterocycles. The molecule has 0 N–H and O–H groups in total. The Morgan fingerprint density at radius 3 is 1.89 bits per heavy atom. The smallest absolute Gasteiger partial charge is 0.152 e. The number of ketones is 1. The highest BCUT2D eigenvalue weighted by atomic mass is 16.1. The van der Waals surface area contributed by atoms with Gasteiger partial charge in [-0.05, 0) is 25.8 Å². The molecule has 0 fully saturated rings. The monoisotopic (exact) mass is 126 g/mol. The molecule has 0 radical (unpaired) electrons. The van der Waals surface area contributed by atoms with Gasteiger partial charge in [0.15, 0.2) is 5.78 Å². The quantitative estimate of drug-likeness (QED) is 0.530. The molecule has 0 aliphatic carbocycles. The maximum absolute atomic E-state index is 10.5. The molecule has 0 aromatic carbocycles. The molecule has 0 saturated heterocycles. The third-order valence-corrected chi connectivity index (χ3v) is 1.32. The Morgan fingerprint density at radius 2 is 1.78 bits per heavy atom.